The first-order valence-corrected chi connectivity index (χ1v) is 13.7. The highest BCUT2D eigenvalue weighted by atomic mass is 32.2. The van der Waals surface area contributed by atoms with Gasteiger partial charge in [0, 0.05) is 11.8 Å². The van der Waals surface area contributed by atoms with E-state index in [1.807, 2.05) is 25.3 Å². The van der Waals surface area contributed by atoms with Gasteiger partial charge in [-0.1, -0.05) is 26.0 Å². The normalized spacial score (nSPS) is 15.9. The molecule has 0 radical (unpaired) electrons. The first-order chi connectivity index (χ1) is 15.4. The lowest BCUT2D eigenvalue weighted by Gasteiger charge is -2.37. The highest BCUT2D eigenvalue weighted by Crippen LogP contribution is 2.38. The van der Waals surface area contributed by atoms with Gasteiger partial charge in [0.05, 0.1) is 24.3 Å². The van der Waals surface area contributed by atoms with Gasteiger partial charge in [-0.05, 0) is 67.3 Å². The molecule has 2 aromatic rings. The summed E-state index contributed by atoms with van der Waals surface area (Å²) in [5.41, 5.74) is 3.07. The molecule has 0 bridgehead atoms. The smallest absolute Gasteiger partial charge is 0.341 e. The van der Waals surface area contributed by atoms with Crippen LogP contribution in [-0.4, -0.2) is 46.2 Å². The van der Waals surface area contributed by atoms with Crippen molar-refractivity contribution in [2.24, 2.45) is 0 Å². The van der Waals surface area contributed by atoms with Gasteiger partial charge in [0.1, 0.15) is 11.3 Å². The van der Waals surface area contributed by atoms with Crippen LogP contribution in [-0.2, 0) is 27.6 Å². The SMILES string of the molecule is CCc1ccc2c(c1)CCC(CC)N2S(=O)(=O)c1ccc(OCCSC)c(C(=O)OC)c1. The monoisotopic (exact) mass is 477 g/mol. The van der Waals surface area contributed by atoms with Crippen LogP contribution in [0.25, 0.3) is 0 Å². The van der Waals surface area contributed by atoms with Crippen LogP contribution in [0.5, 0.6) is 5.75 Å². The Balaban J connectivity index is 2.07. The highest BCUT2D eigenvalue weighted by Gasteiger charge is 2.36. The summed E-state index contributed by atoms with van der Waals surface area (Å²) < 4.78 is 39.8. The summed E-state index contributed by atoms with van der Waals surface area (Å²) in [6, 6.07) is 10.3. The van der Waals surface area contributed by atoms with Crippen molar-refractivity contribution >= 4 is 33.4 Å². The molecule has 0 saturated heterocycles. The summed E-state index contributed by atoms with van der Waals surface area (Å²) >= 11 is 1.62. The molecule has 1 atom stereocenters. The lowest BCUT2D eigenvalue weighted by Crippen LogP contribution is -2.43. The molecule has 0 fully saturated rings. The van der Waals surface area contributed by atoms with Crippen molar-refractivity contribution in [1.82, 2.24) is 0 Å². The van der Waals surface area contributed by atoms with Gasteiger partial charge in [-0.2, -0.15) is 11.8 Å². The Morgan fingerprint density at radius 1 is 1.19 bits per heavy atom. The number of thioether (sulfide) groups is 1. The maximum absolute atomic E-state index is 13.8. The van der Waals surface area contributed by atoms with Gasteiger partial charge in [0.25, 0.3) is 10.0 Å². The minimum absolute atomic E-state index is 0.0565. The Hall–Kier alpha value is -2.19. The molecule has 3 rings (SSSR count). The number of carbonyl (C=O) groups excluding carboxylic acids is 1. The quantitative estimate of drug-likeness (QED) is 0.385. The number of esters is 1. The van der Waals surface area contributed by atoms with Crippen LogP contribution in [0, 0.1) is 0 Å². The topological polar surface area (TPSA) is 72.9 Å². The largest absolute Gasteiger partial charge is 0.492 e. The summed E-state index contributed by atoms with van der Waals surface area (Å²) in [4.78, 5) is 12.5. The van der Waals surface area contributed by atoms with E-state index in [-0.39, 0.29) is 16.5 Å². The van der Waals surface area contributed by atoms with E-state index >= 15 is 0 Å². The number of benzene rings is 2. The summed E-state index contributed by atoms with van der Waals surface area (Å²) in [5, 5.41) is 0. The van der Waals surface area contributed by atoms with E-state index in [0.717, 1.165) is 36.3 Å². The Kier molecular flexibility index (Phi) is 8.11. The lowest BCUT2D eigenvalue weighted by molar-refractivity contribution is 0.0596. The zero-order valence-corrected chi connectivity index (χ0v) is 20.7. The summed E-state index contributed by atoms with van der Waals surface area (Å²) in [6.45, 7) is 4.50. The van der Waals surface area contributed by atoms with E-state index in [0.29, 0.717) is 18.8 Å². The molecule has 0 saturated carbocycles. The van der Waals surface area contributed by atoms with E-state index in [1.165, 1.54) is 29.1 Å². The van der Waals surface area contributed by atoms with Crippen molar-refractivity contribution in [3.8, 4) is 5.75 Å². The van der Waals surface area contributed by atoms with Crippen LogP contribution in [0.1, 0.15) is 48.2 Å². The van der Waals surface area contributed by atoms with Crippen LogP contribution in [0.15, 0.2) is 41.3 Å². The molecule has 1 aliphatic rings. The van der Waals surface area contributed by atoms with Gasteiger partial charge >= 0.3 is 5.97 Å². The summed E-state index contributed by atoms with van der Waals surface area (Å²) in [7, 11) is -2.62. The van der Waals surface area contributed by atoms with Crippen molar-refractivity contribution < 1.29 is 22.7 Å². The number of rotatable bonds is 9. The van der Waals surface area contributed by atoms with Crippen LogP contribution < -0.4 is 9.04 Å². The van der Waals surface area contributed by atoms with E-state index in [1.54, 1.807) is 17.8 Å². The zero-order valence-electron chi connectivity index (χ0n) is 19.1. The minimum atomic E-state index is -3.90. The van der Waals surface area contributed by atoms with Gasteiger partial charge in [0.2, 0.25) is 0 Å². The highest BCUT2D eigenvalue weighted by molar-refractivity contribution is 7.98. The van der Waals surface area contributed by atoms with Crippen LogP contribution in [0.3, 0.4) is 0 Å². The van der Waals surface area contributed by atoms with Gasteiger partial charge in [0.15, 0.2) is 0 Å². The fourth-order valence-corrected chi connectivity index (χ4v) is 6.09. The third kappa shape index (κ3) is 4.91. The van der Waals surface area contributed by atoms with Gasteiger partial charge < -0.3 is 9.47 Å². The van der Waals surface area contributed by atoms with Crippen LogP contribution in [0.4, 0.5) is 5.69 Å². The molecule has 0 amide bonds. The second kappa shape index (κ2) is 10.6. The first-order valence-electron chi connectivity index (χ1n) is 10.9. The fraction of sp³-hybridized carbons (Fsp3) is 0.458. The van der Waals surface area contributed by atoms with Crippen molar-refractivity contribution in [2.45, 2.75) is 50.5 Å². The molecule has 1 unspecified atom stereocenters. The molecule has 174 valence electrons. The van der Waals surface area contributed by atoms with Crippen LogP contribution >= 0.6 is 11.8 Å². The Labute approximate surface area is 195 Å². The molecule has 6 nitrogen and oxygen atoms in total. The summed E-state index contributed by atoms with van der Waals surface area (Å²) in [6.07, 6.45) is 5.18. The fourth-order valence-electron chi connectivity index (χ4n) is 4.02. The number of carbonyl (C=O) groups is 1. The second-order valence-corrected chi connectivity index (χ2v) is 10.5. The standard InChI is InChI=1S/C24H31NO5S2/c1-5-17-7-11-22-18(15-17)8-9-19(6-2)25(22)32(27,28)20-10-12-23(30-13-14-31-4)21(16-20)24(26)29-3/h7,10-12,15-16,19H,5-6,8-9,13-14H2,1-4H3. The zero-order chi connectivity index (χ0) is 23.3. The number of fused-ring (bicyclic) bond motifs is 1. The molecule has 0 aliphatic carbocycles. The average Bonchev–Trinajstić information content (AvgIpc) is 2.82. The summed E-state index contributed by atoms with van der Waals surface area (Å²) in [5.74, 6) is 0.451. The van der Waals surface area contributed by atoms with Crippen LogP contribution in [0.2, 0.25) is 0 Å². The molecular formula is C24H31NO5S2. The van der Waals surface area contributed by atoms with Crippen molar-refractivity contribution in [1.29, 1.82) is 0 Å². The number of sulfonamides is 1. The maximum Gasteiger partial charge on any atom is 0.341 e. The molecule has 1 heterocycles. The third-order valence-corrected chi connectivity index (χ3v) is 8.23. The third-order valence-electron chi connectivity index (χ3n) is 5.80. The van der Waals surface area contributed by atoms with E-state index in [9.17, 15) is 13.2 Å². The lowest BCUT2D eigenvalue weighted by atomic mass is 9.94. The van der Waals surface area contributed by atoms with E-state index in [4.69, 9.17) is 9.47 Å². The molecule has 0 spiro atoms. The molecule has 0 aromatic heterocycles. The molecule has 8 heteroatoms. The number of ether oxygens (including phenoxy) is 2. The predicted octanol–water partition coefficient (Wildman–Crippen LogP) is 4.70. The minimum Gasteiger partial charge on any atom is -0.492 e. The Morgan fingerprint density at radius 2 is 1.97 bits per heavy atom. The first kappa shape index (κ1) is 24.5. The van der Waals surface area contributed by atoms with Crippen molar-refractivity contribution in [2.75, 3.05) is 30.0 Å². The Morgan fingerprint density at radius 3 is 2.62 bits per heavy atom. The van der Waals surface area contributed by atoms with Gasteiger partial charge in [-0.25, -0.2) is 13.2 Å². The Bertz CT molecular complexity index is 1070. The van der Waals surface area contributed by atoms with Crippen molar-refractivity contribution in [3.05, 3.63) is 53.1 Å². The molecule has 0 N–H and O–H groups in total. The number of anilines is 1. The average molecular weight is 478 g/mol. The molecule has 1 aliphatic heterocycles. The number of hydrogen-bond donors (Lipinski definition) is 0. The van der Waals surface area contributed by atoms with Gasteiger partial charge in [-0.15, -0.1) is 0 Å². The number of hydrogen-bond acceptors (Lipinski definition) is 6. The molecular weight excluding hydrogens is 446 g/mol. The predicted molar refractivity (Wildman–Crippen MR) is 130 cm³/mol. The number of aryl methyl sites for hydroxylation is 2. The number of nitrogens with zero attached hydrogens (tertiary/aromatic N) is 1. The van der Waals surface area contributed by atoms with E-state index < -0.39 is 16.0 Å². The molecule has 2 aromatic carbocycles. The van der Waals surface area contributed by atoms with Gasteiger partial charge in [-0.3, -0.25) is 4.31 Å². The second-order valence-electron chi connectivity index (χ2n) is 7.71. The molecule has 32 heavy (non-hydrogen) atoms. The maximum atomic E-state index is 13.8. The number of methoxy groups -OCH3 is 1. The van der Waals surface area contributed by atoms with Crippen molar-refractivity contribution in [3.63, 3.8) is 0 Å². The van der Waals surface area contributed by atoms with E-state index in [2.05, 4.69) is 13.0 Å².